The SMILES string of the molecule is CCc1cccc2c(C(=O)c3cccc(Cl)c3N)c[nH]c12. The van der Waals surface area contributed by atoms with Crippen LogP contribution in [0.2, 0.25) is 5.02 Å². The number of anilines is 1. The van der Waals surface area contributed by atoms with Crippen LogP contribution in [0.5, 0.6) is 0 Å². The number of para-hydroxylation sites is 2. The lowest BCUT2D eigenvalue weighted by atomic mass is 10.00. The van der Waals surface area contributed by atoms with Gasteiger partial charge in [-0.3, -0.25) is 4.79 Å². The molecule has 3 nitrogen and oxygen atoms in total. The van der Waals surface area contributed by atoms with Crippen molar-refractivity contribution in [3.8, 4) is 0 Å². The molecule has 2 aromatic carbocycles. The summed E-state index contributed by atoms with van der Waals surface area (Å²) in [5, 5.41) is 1.31. The number of benzene rings is 2. The van der Waals surface area contributed by atoms with Crippen molar-refractivity contribution in [2.75, 3.05) is 5.73 Å². The molecule has 0 fully saturated rings. The fraction of sp³-hybridized carbons (Fsp3) is 0.118. The van der Waals surface area contributed by atoms with Crippen LogP contribution in [-0.2, 0) is 6.42 Å². The molecular weight excluding hydrogens is 284 g/mol. The number of carbonyl (C=O) groups is 1. The number of hydrogen-bond donors (Lipinski definition) is 2. The summed E-state index contributed by atoms with van der Waals surface area (Å²) < 4.78 is 0. The normalized spacial score (nSPS) is 11.0. The number of nitrogens with one attached hydrogen (secondary N) is 1. The van der Waals surface area contributed by atoms with Crippen LogP contribution in [0, 0.1) is 0 Å². The van der Waals surface area contributed by atoms with Crippen LogP contribution >= 0.6 is 11.6 Å². The number of H-pyrrole nitrogens is 1. The van der Waals surface area contributed by atoms with E-state index in [1.54, 1.807) is 24.4 Å². The van der Waals surface area contributed by atoms with Crippen LogP contribution in [0.15, 0.2) is 42.6 Å². The minimum absolute atomic E-state index is 0.116. The van der Waals surface area contributed by atoms with Crippen molar-refractivity contribution in [2.45, 2.75) is 13.3 Å². The standard InChI is InChI=1S/C17H15ClN2O/c1-2-10-5-3-6-11-13(9-20-16(10)11)17(21)12-7-4-8-14(18)15(12)19/h3-9,20H,2,19H2,1H3. The molecule has 0 atom stereocenters. The number of halogens is 1. The molecule has 106 valence electrons. The van der Waals surface area contributed by atoms with Crippen molar-refractivity contribution >= 4 is 34.0 Å². The van der Waals surface area contributed by atoms with Crippen molar-refractivity contribution in [1.29, 1.82) is 0 Å². The maximum absolute atomic E-state index is 12.7. The largest absolute Gasteiger partial charge is 0.397 e. The molecule has 0 aliphatic carbocycles. The third-order valence-corrected chi connectivity index (χ3v) is 4.05. The van der Waals surface area contributed by atoms with Gasteiger partial charge in [0.25, 0.3) is 0 Å². The molecule has 1 aromatic heterocycles. The molecule has 3 rings (SSSR count). The Bertz CT molecular complexity index is 836. The van der Waals surface area contributed by atoms with Crippen LogP contribution in [0.1, 0.15) is 28.4 Å². The lowest BCUT2D eigenvalue weighted by Crippen LogP contribution is -2.05. The number of rotatable bonds is 3. The van der Waals surface area contributed by atoms with Crippen molar-refractivity contribution in [3.63, 3.8) is 0 Å². The van der Waals surface area contributed by atoms with E-state index in [2.05, 4.69) is 18.0 Å². The van der Waals surface area contributed by atoms with Gasteiger partial charge in [0.2, 0.25) is 0 Å². The number of nitrogen functional groups attached to an aromatic ring is 1. The minimum Gasteiger partial charge on any atom is -0.397 e. The molecule has 0 saturated heterocycles. The van der Waals surface area contributed by atoms with E-state index < -0.39 is 0 Å². The zero-order chi connectivity index (χ0) is 15.0. The zero-order valence-electron chi connectivity index (χ0n) is 11.6. The molecule has 3 aromatic rings. The highest BCUT2D eigenvalue weighted by Gasteiger charge is 2.18. The first-order valence-corrected chi connectivity index (χ1v) is 7.19. The molecule has 0 radical (unpaired) electrons. The van der Waals surface area contributed by atoms with Crippen molar-refractivity contribution in [1.82, 2.24) is 4.98 Å². The average molecular weight is 299 g/mol. The van der Waals surface area contributed by atoms with Gasteiger partial charge in [0.1, 0.15) is 0 Å². The van der Waals surface area contributed by atoms with Crippen molar-refractivity contribution in [2.24, 2.45) is 0 Å². The fourth-order valence-corrected chi connectivity index (χ4v) is 2.75. The lowest BCUT2D eigenvalue weighted by molar-refractivity contribution is 0.104. The van der Waals surface area contributed by atoms with Gasteiger partial charge in [-0.2, -0.15) is 0 Å². The summed E-state index contributed by atoms with van der Waals surface area (Å²) in [6.45, 7) is 2.09. The van der Waals surface area contributed by atoms with Gasteiger partial charge < -0.3 is 10.7 Å². The maximum Gasteiger partial charge on any atom is 0.197 e. The number of aromatic nitrogens is 1. The molecule has 0 unspecified atom stereocenters. The average Bonchev–Trinajstić information content (AvgIpc) is 2.93. The first-order chi connectivity index (χ1) is 10.1. The summed E-state index contributed by atoms with van der Waals surface area (Å²) in [6.07, 6.45) is 2.65. The molecule has 3 N–H and O–H groups in total. The molecule has 0 bridgehead atoms. The highest BCUT2D eigenvalue weighted by molar-refractivity contribution is 6.34. The third kappa shape index (κ3) is 2.20. The van der Waals surface area contributed by atoms with E-state index in [9.17, 15) is 4.79 Å². The number of carbonyl (C=O) groups excluding carboxylic acids is 1. The Morgan fingerprint density at radius 2 is 1.95 bits per heavy atom. The predicted molar refractivity (Wildman–Crippen MR) is 87.0 cm³/mol. The minimum atomic E-state index is -0.116. The number of fused-ring (bicyclic) bond motifs is 1. The van der Waals surface area contributed by atoms with Gasteiger partial charge >= 0.3 is 0 Å². The molecular formula is C17H15ClN2O. The van der Waals surface area contributed by atoms with E-state index in [4.69, 9.17) is 17.3 Å². The Morgan fingerprint density at radius 1 is 1.19 bits per heavy atom. The van der Waals surface area contributed by atoms with Crippen LogP contribution < -0.4 is 5.73 Å². The Labute approximate surface area is 127 Å². The number of ketones is 1. The zero-order valence-corrected chi connectivity index (χ0v) is 12.4. The van der Waals surface area contributed by atoms with Gasteiger partial charge in [0.05, 0.1) is 10.7 Å². The van der Waals surface area contributed by atoms with Gasteiger partial charge in [0, 0.05) is 28.2 Å². The molecule has 0 aliphatic rings. The fourth-order valence-electron chi connectivity index (χ4n) is 2.58. The van der Waals surface area contributed by atoms with E-state index in [0.717, 1.165) is 17.3 Å². The summed E-state index contributed by atoms with van der Waals surface area (Å²) in [5.74, 6) is -0.116. The smallest absolute Gasteiger partial charge is 0.197 e. The first kappa shape index (κ1) is 13.7. The van der Waals surface area contributed by atoms with E-state index in [0.29, 0.717) is 21.8 Å². The summed E-state index contributed by atoms with van der Waals surface area (Å²) in [5.41, 5.74) is 9.50. The molecule has 0 aliphatic heterocycles. The van der Waals surface area contributed by atoms with Gasteiger partial charge in [0.15, 0.2) is 5.78 Å². The topological polar surface area (TPSA) is 58.9 Å². The first-order valence-electron chi connectivity index (χ1n) is 6.81. The van der Waals surface area contributed by atoms with Crippen LogP contribution in [0.25, 0.3) is 10.9 Å². The highest BCUT2D eigenvalue weighted by atomic mass is 35.5. The van der Waals surface area contributed by atoms with Gasteiger partial charge in [-0.25, -0.2) is 0 Å². The summed E-state index contributed by atoms with van der Waals surface area (Å²) in [7, 11) is 0. The second-order valence-electron chi connectivity index (χ2n) is 4.93. The van der Waals surface area contributed by atoms with E-state index in [-0.39, 0.29) is 5.78 Å². The Kier molecular flexibility index (Phi) is 3.43. The lowest BCUT2D eigenvalue weighted by Gasteiger charge is -2.06. The Hall–Kier alpha value is -2.26. The highest BCUT2D eigenvalue weighted by Crippen LogP contribution is 2.28. The third-order valence-electron chi connectivity index (χ3n) is 3.72. The molecule has 0 spiro atoms. The van der Waals surface area contributed by atoms with Crippen molar-refractivity contribution < 1.29 is 4.79 Å². The molecule has 1 heterocycles. The number of aryl methyl sites for hydroxylation is 1. The molecule has 4 heteroatoms. The Morgan fingerprint density at radius 3 is 2.71 bits per heavy atom. The van der Waals surface area contributed by atoms with Gasteiger partial charge in [-0.1, -0.05) is 42.8 Å². The van der Waals surface area contributed by atoms with E-state index in [1.165, 1.54) is 5.56 Å². The van der Waals surface area contributed by atoms with E-state index >= 15 is 0 Å². The molecule has 0 saturated carbocycles. The van der Waals surface area contributed by atoms with Crippen molar-refractivity contribution in [3.05, 3.63) is 64.3 Å². The summed E-state index contributed by atoms with van der Waals surface area (Å²) in [6, 6.07) is 11.1. The number of hydrogen-bond acceptors (Lipinski definition) is 2. The summed E-state index contributed by atoms with van der Waals surface area (Å²) >= 11 is 6.00. The van der Waals surface area contributed by atoms with Gasteiger partial charge in [-0.15, -0.1) is 0 Å². The monoisotopic (exact) mass is 298 g/mol. The quantitative estimate of drug-likeness (QED) is 0.562. The van der Waals surface area contributed by atoms with Crippen LogP contribution in [0.4, 0.5) is 5.69 Å². The Balaban J connectivity index is 2.17. The second-order valence-corrected chi connectivity index (χ2v) is 5.33. The van der Waals surface area contributed by atoms with Crippen LogP contribution in [0.3, 0.4) is 0 Å². The maximum atomic E-state index is 12.7. The summed E-state index contributed by atoms with van der Waals surface area (Å²) in [4.78, 5) is 15.9. The van der Waals surface area contributed by atoms with E-state index in [1.807, 2.05) is 12.1 Å². The predicted octanol–water partition coefficient (Wildman–Crippen LogP) is 4.20. The van der Waals surface area contributed by atoms with Gasteiger partial charge in [-0.05, 0) is 24.1 Å². The second kappa shape index (κ2) is 5.26. The molecule has 21 heavy (non-hydrogen) atoms. The molecule has 0 amide bonds. The van der Waals surface area contributed by atoms with Crippen LogP contribution in [-0.4, -0.2) is 10.8 Å². The number of nitrogens with two attached hydrogens (primary N) is 1. The number of aromatic amines is 1.